The lowest BCUT2D eigenvalue weighted by atomic mass is 9.62. The van der Waals surface area contributed by atoms with E-state index in [1.54, 1.807) is 6.07 Å². The highest BCUT2D eigenvalue weighted by Gasteiger charge is 2.25. The van der Waals surface area contributed by atoms with Crippen LogP contribution in [0.1, 0.15) is 0 Å². The van der Waals surface area contributed by atoms with Crippen molar-refractivity contribution in [2.45, 2.75) is 0 Å². The molecule has 3 aromatic heterocycles. The van der Waals surface area contributed by atoms with E-state index < -0.39 is 0 Å². The minimum absolute atomic E-state index is 0.103. The van der Waals surface area contributed by atoms with E-state index in [0.29, 0.717) is 59.2 Å². The van der Waals surface area contributed by atoms with Gasteiger partial charge in [-0.25, -0.2) is 9.97 Å². The molecule has 10 aromatic rings. The Balaban J connectivity index is 1.11. The zero-order valence-electron chi connectivity index (χ0n) is 31.9. The molecule has 0 saturated heterocycles. The molecular weight excluding hydrogens is 737 g/mol. The van der Waals surface area contributed by atoms with Gasteiger partial charge in [-0.3, -0.25) is 0 Å². The zero-order chi connectivity index (χ0) is 41.7. The molecule has 60 heavy (non-hydrogen) atoms. The topological polar surface area (TPSA) is 38.9 Å². The first kappa shape index (κ1) is 38.5. The second-order valence-electron chi connectivity index (χ2n) is 14.7. The van der Waals surface area contributed by atoms with Gasteiger partial charge < -0.3 is 4.42 Å². The van der Waals surface area contributed by atoms with Gasteiger partial charge in [0.1, 0.15) is 102 Å². The van der Waals surface area contributed by atoms with Gasteiger partial charge in [0.25, 0.3) is 0 Å². The molecule has 14 heteroatoms. The second kappa shape index (κ2) is 14.5. The van der Waals surface area contributed by atoms with Crippen LogP contribution in [0, 0.1) is 0 Å². The Kier molecular flexibility index (Phi) is 9.29. The first-order valence-corrected chi connectivity index (χ1v) is 19.6. The third kappa shape index (κ3) is 5.85. The molecule has 0 aliphatic rings. The van der Waals surface area contributed by atoms with Crippen LogP contribution in [0.15, 0.2) is 114 Å². The third-order valence-electron chi connectivity index (χ3n) is 11.3. The maximum atomic E-state index is 7.11. The summed E-state index contributed by atoms with van der Waals surface area (Å²) in [6, 6.07) is 34.9. The lowest BCUT2D eigenvalue weighted by molar-refractivity contribution is 0.667. The summed E-state index contributed by atoms with van der Waals surface area (Å²) in [6.45, 7) is 0. The van der Waals surface area contributed by atoms with E-state index in [1.807, 2.05) is 30.3 Å². The summed E-state index contributed by atoms with van der Waals surface area (Å²) in [6.07, 6.45) is 1.45. The Labute approximate surface area is 364 Å². The van der Waals surface area contributed by atoms with E-state index in [9.17, 15) is 0 Å². The van der Waals surface area contributed by atoms with Crippen LogP contribution >= 0.6 is 11.3 Å². The summed E-state index contributed by atoms with van der Waals surface area (Å²) in [5, 5.41) is 1.78. The molecular formula is C46H18B10N2OS. The molecule has 0 aliphatic heterocycles. The normalized spacial score (nSPS) is 11.7. The van der Waals surface area contributed by atoms with Gasteiger partial charge in [-0.2, -0.15) is 0 Å². The number of thiophene rings is 1. The lowest BCUT2D eigenvalue weighted by Gasteiger charge is -2.23. The van der Waals surface area contributed by atoms with E-state index in [2.05, 4.69) is 76.7 Å². The number of furan rings is 1. The standard InChI is InChI=1S/C46H18B10N2OS/c47-26-17-27(48)30(34(49)29(26)31-35(50)38(53)36(51)32-33-37(52)39(54)40(55)41(56)46(33)60-45(31)32)43-44-42(57-18-58-43)25-16-24(13-14-28(25)59-44)23-8-4-7-22(15-23)21-11-9-20(10-12-21)19-5-2-1-3-6-19/h1-18H. The summed E-state index contributed by atoms with van der Waals surface area (Å²) in [5.74, 6) is 0. The average Bonchev–Trinajstić information content (AvgIpc) is 3.85. The highest BCUT2D eigenvalue weighted by molar-refractivity contribution is 7.28. The van der Waals surface area contributed by atoms with Crippen molar-refractivity contribution in [1.82, 2.24) is 9.97 Å². The van der Waals surface area contributed by atoms with Gasteiger partial charge >= 0.3 is 0 Å². The van der Waals surface area contributed by atoms with E-state index in [-0.39, 0.29) is 54.6 Å². The van der Waals surface area contributed by atoms with Crippen LogP contribution in [-0.4, -0.2) is 88.4 Å². The molecule has 0 N–H and O–H groups in total. The summed E-state index contributed by atoms with van der Waals surface area (Å²) in [5.41, 5.74) is 11.5. The first-order chi connectivity index (χ1) is 28.9. The highest BCUT2D eigenvalue weighted by Crippen LogP contribution is 2.38. The van der Waals surface area contributed by atoms with E-state index in [1.165, 1.54) is 23.2 Å². The first-order valence-electron chi connectivity index (χ1n) is 18.8. The molecule has 3 heterocycles. The zero-order valence-corrected chi connectivity index (χ0v) is 32.7. The van der Waals surface area contributed by atoms with Crippen molar-refractivity contribution in [2.24, 2.45) is 0 Å². The Morgan fingerprint density at radius 3 is 1.68 bits per heavy atom. The van der Waals surface area contributed by atoms with Crippen LogP contribution in [0.5, 0.6) is 0 Å². The monoisotopic (exact) mass is 756 g/mol. The molecule has 0 bridgehead atoms. The summed E-state index contributed by atoms with van der Waals surface area (Å²) in [7, 11) is 66.1. The Morgan fingerprint density at radius 2 is 0.967 bits per heavy atom. The van der Waals surface area contributed by atoms with Crippen molar-refractivity contribution in [1.29, 1.82) is 0 Å². The SMILES string of the molecule is [B]c1cc([B])c(-c2c([B])c([B])c([B])c3c2sc2c([B])c([B])c([B])c([B])c23)c([B])c1-c1ncnc2c1oc1ccc(-c3cccc(-c4ccc(-c5ccccc5)cc4)c3)cc12. The quantitative estimate of drug-likeness (QED) is 0.247. The minimum atomic E-state index is 0.103. The largest absolute Gasteiger partial charge is 0.452 e. The lowest BCUT2D eigenvalue weighted by Crippen LogP contribution is -2.47. The van der Waals surface area contributed by atoms with E-state index in [0.717, 1.165) is 33.2 Å². The van der Waals surface area contributed by atoms with Gasteiger partial charge in [0.2, 0.25) is 0 Å². The Hall–Kier alpha value is -5.71. The molecule has 7 aromatic carbocycles. The molecule has 0 amide bonds. The maximum Gasteiger partial charge on any atom is 0.180 e. The number of fused-ring (bicyclic) bond motifs is 6. The van der Waals surface area contributed by atoms with E-state index in [4.69, 9.17) is 82.9 Å². The van der Waals surface area contributed by atoms with Crippen molar-refractivity contribution in [3.05, 3.63) is 109 Å². The average molecular weight is 755 g/mol. The number of benzene rings is 7. The van der Waals surface area contributed by atoms with Crippen molar-refractivity contribution in [2.75, 3.05) is 0 Å². The highest BCUT2D eigenvalue weighted by atomic mass is 32.1. The van der Waals surface area contributed by atoms with E-state index >= 15 is 0 Å². The Morgan fingerprint density at radius 1 is 0.417 bits per heavy atom. The fourth-order valence-electron chi connectivity index (χ4n) is 8.23. The van der Waals surface area contributed by atoms with Gasteiger partial charge in [0.15, 0.2) is 5.58 Å². The van der Waals surface area contributed by atoms with Gasteiger partial charge in [0, 0.05) is 14.8 Å². The second-order valence-corrected chi connectivity index (χ2v) is 15.8. The van der Waals surface area contributed by atoms with Crippen molar-refractivity contribution < 1.29 is 4.42 Å². The summed E-state index contributed by atoms with van der Waals surface area (Å²) >= 11 is 1.27. The number of hydrogen-bond donors (Lipinski definition) is 0. The third-order valence-corrected chi connectivity index (χ3v) is 12.6. The molecule has 0 atom stereocenters. The smallest absolute Gasteiger partial charge is 0.180 e. The van der Waals surface area contributed by atoms with Gasteiger partial charge in [0.05, 0.1) is 0 Å². The molecule has 0 aliphatic carbocycles. The van der Waals surface area contributed by atoms with Crippen LogP contribution in [0.3, 0.4) is 0 Å². The molecule has 0 unspecified atom stereocenters. The molecule has 0 fully saturated rings. The predicted molar refractivity (Wildman–Crippen MR) is 263 cm³/mol. The molecule has 20 radical (unpaired) electrons. The van der Waals surface area contributed by atoms with Crippen LogP contribution in [0.25, 0.3) is 98.0 Å². The fourth-order valence-corrected chi connectivity index (χ4v) is 9.60. The van der Waals surface area contributed by atoms with Crippen LogP contribution in [0.2, 0.25) is 0 Å². The number of rotatable bonds is 5. The molecule has 0 spiro atoms. The van der Waals surface area contributed by atoms with Gasteiger partial charge in [-0.1, -0.05) is 123 Å². The summed E-state index contributed by atoms with van der Waals surface area (Å²) in [4.78, 5) is 9.34. The fraction of sp³-hybridized carbons (Fsp3) is 0. The molecule has 254 valence electrons. The maximum absolute atomic E-state index is 7.11. The van der Waals surface area contributed by atoms with Crippen molar-refractivity contribution >= 4 is 187 Å². The minimum Gasteiger partial charge on any atom is -0.452 e. The van der Waals surface area contributed by atoms with Crippen LogP contribution in [0.4, 0.5) is 0 Å². The number of nitrogens with zero attached hydrogens (tertiary/aromatic N) is 2. The van der Waals surface area contributed by atoms with Crippen LogP contribution < -0.4 is 54.6 Å². The number of hydrogen-bond acceptors (Lipinski definition) is 4. The van der Waals surface area contributed by atoms with Crippen molar-refractivity contribution in [3.63, 3.8) is 0 Å². The number of aromatic nitrogens is 2. The molecule has 3 nitrogen and oxygen atoms in total. The van der Waals surface area contributed by atoms with Crippen molar-refractivity contribution in [3.8, 4) is 55.8 Å². The molecule has 0 saturated carbocycles. The molecule has 10 rings (SSSR count). The van der Waals surface area contributed by atoms with Crippen LogP contribution in [-0.2, 0) is 0 Å². The van der Waals surface area contributed by atoms with Gasteiger partial charge in [-0.05, 0) is 79.0 Å². The summed E-state index contributed by atoms with van der Waals surface area (Å²) < 4.78 is 7.63. The Bertz CT molecular complexity index is 3440. The van der Waals surface area contributed by atoms with Gasteiger partial charge in [-0.15, -0.1) is 27.7 Å². The predicted octanol–water partition coefficient (Wildman–Crippen LogP) is 1.02.